The molecule has 0 radical (unpaired) electrons. The van der Waals surface area contributed by atoms with Gasteiger partial charge in [-0.3, -0.25) is 4.79 Å². The summed E-state index contributed by atoms with van der Waals surface area (Å²) in [6.45, 7) is 4.84. The molecule has 1 unspecified atom stereocenters. The summed E-state index contributed by atoms with van der Waals surface area (Å²) in [5, 5.41) is 15.7. The molecule has 2 aromatic rings. The van der Waals surface area contributed by atoms with Crippen LogP contribution in [0.1, 0.15) is 25.7 Å². The molecule has 1 amide bonds. The molecule has 10 nitrogen and oxygen atoms in total. The van der Waals surface area contributed by atoms with E-state index in [1.54, 1.807) is 17.2 Å². The first-order valence-electron chi connectivity index (χ1n) is 12.9. The van der Waals surface area contributed by atoms with Crippen LogP contribution in [0.15, 0.2) is 36.2 Å². The van der Waals surface area contributed by atoms with Crippen molar-refractivity contribution in [2.75, 3.05) is 61.8 Å². The van der Waals surface area contributed by atoms with Crippen LogP contribution in [0, 0.1) is 23.1 Å². The van der Waals surface area contributed by atoms with Crippen molar-refractivity contribution in [1.82, 2.24) is 24.8 Å². The highest BCUT2D eigenvalue weighted by Crippen LogP contribution is 2.32. The number of nitriles is 1. The molecule has 2 N–H and O–H groups in total. The first-order valence-corrected chi connectivity index (χ1v) is 12.9. The summed E-state index contributed by atoms with van der Waals surface area (Å²) in [4.78, 5) is 32.0. The van der Waals surface area contributed by atoms with Crippen molar-refractivity contribution in [2.45, 2.75) is 31.7 Å². The lowest BCUT2D eigenvalue weighted by atomic mass is 10.0. The van der Waals surface area contributed by atoms with Gasteiger partial charge in [0.05, 0.1) is 18.1 Å². The molecule has 3 aliphatic rings. The summed E-state index contributed by atoms with van der Waals surface area (Å²) in [5.41, 5.74) is 0.909. The van der Waals surface area contributed by atoms with Crippen molar-refractivity contribution in [1.29, 1.82) is 5.26 Å². The van der Waals surface area contributed by atoms with Gasteiger partial charge in [-0.25, -0.2) is 14.4 Å². The molecule has 0 spiro atoms. The fourth-order valence-electron chi connectivity index (χ4n) is 4.64. The number of anilines is 4. The highest BCUT2D eigenvalue weighted by molar-refractivity contribution is 5.97. The molecule has 1 saturated carbocycles. The molecule has 2 aromatic heterocycles. The summed E-state index contributed by atoms with van der Waals surface area (Å²) in [6.07, 6.45) is 8.22. The zero-order valence-electron chi connectivity index (χ0n) is 21.0. The van der Waals surface area contributed by atoms with E-state index in [1.165, 1.54) is 0 Å². The largest absolute Gasteiger partial charge is 0.363 e. The number of likely N-dealkylation sites (N-methyl/N-ethyl adjacent to an activating group) is 1. The predicted octanol–water partition coefficient (Wildman–Crippen LogP) is 2.77. The van der Waals surface area contributed by atoms with Gasteiger partial charge in [-0.2, -0.15) is 10.2 Å². The topological polar surface area (TPSA) is 113 Å². The van der Waals surface area contributed by atoms with Gasteiger partial charge in [-0.05, 0) is 50.8 Å². The number of aromatic nitrogens is 3. The van der Waals surface area contributed by atoms with Crippen molar-refractivity contribution in [2.24, 2.45) is 5.92 Å². The van der Waals surface area contributed by atoms with Crippen LogP contribution in [-0.2, 0) is 4.79 Å². The summed E-state index contributed by atoms with van der Waals surface area (Å²) >= 11 is 0. The number of piperazine rings is 1. The first-order chi connectivity index (χ1) is 18.0. The van der Waals surface area contributed by atoms with Crippen LogP contribution >= 0.6 is 0 Å². The lowest BCUT2D eigenvalue weighted by Gasteiger charge is -2.33. The molecule has 37 heavy (non-hydrogen) atoms. The Labute approximate surface area is 216 Å². The van der Waals surface area contributed by atoms with Crippen LogP contribution in [0.5, 0.6) is 0 Å². The number of hydrogen-bond donors (Lipinski definition) is 2. The first kappa shape index (κ1) is 24.9. The number of carbonyl (C=O) groups excluding carboxylic acids is 1. The highest BCUT2D eigenvalue weighted by Gasteiger charge is 2.28. The number of likely N-dealkylation sites (tertiary alicyclic amines) is 1. The maximum absolute atomic E-state index is 14.6. The number of hydrogen-bond acceptors (Lipinski definition) is 9. The lowest BCUT2D eigenvalue weighted by Crippen LogP contribution is -2.45. The van der Waals surface area contributed by atoms with Gasteiger partial charge in [0, 0.05) is 45.3 Å². The number of amides is 1. The van der Waals surface area contributed by atoms with Gasteiger partial charge >= 0.3 is 0 Å². The van der Waals surface area contributed by atoms with Crippen molar-refractivity contribution in [3.05, 3.63) is 42.0 Å². The smallest absolute Gasteiger partial charge is 0.264 e. The molecular weight excluding hydrogens is 473 g/mol. The third-order valence-corrected chi connectivity index (χ3v) is 7.00. The molecule has 4 heterocycles. The van der Waals surface area contributed by atoms with Gasteiger partial charge < -0.3 is 25.3 Å². The van der Waals surface area contributed by atoms with Gasteiger partial charge in [-0.1, -0.05) is 6.08 Å². The average Bonchev–Trinajstić information content (AvgIpc) is 3.74. The van der Waals surface area contributed by atoms with E-state index in [2.05, 4.69) is 42.4 Å². The van der Waals surface area contributed by atoms with E-state index in [4.69, 9.17) is 0 Å². The fraction of sp³-hybridized carbons (Fsp3) is 0.500. The molecule has 0 bridgehead atoms. The lowest BCUT2D eigenvalue weighted by molar-refractivity contribution is -0.127. The molecule has 0 aromatic carbocycles. The Hall–Kier alpha value is -3.78. The van der Waals surface area contributed by atoms with Crippen molar-refractivity contribution < 1.29 is 9.18 Å². The number of pyridine rings is 1. The van der Waals surface area contributed by atoms with E-state index < -0.39 is 5.82 Å². The van der Waals surface area contributed by atoms with E-state index >= 15 is 0 Å². The van der Waals surface area contributed by atoms with Crippen LogP contribution in [0.25, 0.3) is 0 Å². The van der Waals surface area contributed by atoms with Crippen LogP contribution in [-0.4, -0.2) is 83.0 Å². The molecular formula is C26H32FN9O. The van der Waals surface area contributed by atoms with Gasteiger partial charge in [0.1, 0.15) is 17.5 Å². The van der Waals surface area contributed by atoms with Crippen LogP contribution in [0.3, 0.4) is 0 Å². The average molecular weight is 506 g/mol. The van der Waals surface area contributed by atoms with E-state index in [-0.39, 0.29) is 29.3 Å². The van der Waals surface area contributed by atoms with Crippen molar-refractivity contribution >= 4 is 29.2 Å². The second-order valence-corrected chi connectivity index (χ2v) is 9.97. The Morgan fingerprint density at radius 2 is 1.95 bits per heavy atom. The van der Waals surface area contributed by atoms with Crippen molar-refractivity contribution in [3.63, 3.8) is 0 Å². The summed E-state index contributed by atoms with van der Waals surface area (Å²) in [6, 6.07) is 5.73. The maximum Gasteiger partial charge on any atom is 0.264 e. The number of carbonyl (C=O) groups is 1. The summed E-state index contributed by atoms with van der Waals surface area (Å²) < 4.78 is 14.6. The predicted molar refractivity (Wildman–Crippen MR) is 139 cm³/mol. The number of nitrogens with one attached hydrogen (secondary N) is 2. The van der Waals surface area contributed by atoms with E-state index in [1.807, 2.05) is 18.2 Å². The monoisotopic (exact) mass is 505 g/mol. The SMILES string of the molecule is CN1CCN(c2ccc(Nc3ncc(F)c(NC4CCCN(C(=O)C(C#N)=CC5CC5)C4)n3)cn2)CC1. The quantitative estimate of drug-likeness (QED) is 0.433. The Kier molecular flexibility index (Phi) is 7.46. The second-order valence-electron chi connectivity index (χ2n) is 9.97. The summed E-state index contributed by atoms with van der Waals surface area (Å²) in [7, 11) is 2.12. The highest BCUT2D eigenvalue weighted by atomic mass is 19.1. The molecule has 194 valence electrons. The number of halogens is 1. The Morgan fingerprint density at radius 1 is 1.14 bits per heavy atom. The van der Waals surface area contributed by atoms with Gasteiger partial charge in [0.2, 0.25) is 5.95 Å². The van der Waals surface area contributed by atoms with E-state index in [0.29, 0.717) is 24.7 Å². The van der Waals surface area contributed by atoms with Crippen LogP contribution in [0.2, 0.25) is 0 Å². The summed E-state index contributed by atoms with van der Waals surface area (Å²) in [5.74, 6) is 0.775. The minimum atomic E-state index is -0.566. The standard InChI is InChI=1S/C26H32FN9O/c1-34-9-11-35(12-10-34)23-7-6-20(15-29-23)32-26-30-16-22(27)24(33-26)31-21-3-2-8-36(17-21)25(37)19(14-28)13-18-4-5-18/h6-7,13,15-16,18,21H,2-5,8-12,17H2,1H3,(H2,30,31,32,33). The van der Waals surface area contributed by atoms with Gasteiger partial charge in [0.25, 0.3) is 5.91 Å². The third-order valence-electron chi connectivity index (χ3n) is 7.00. The second kappa shape index (κ2) is 11.1. The Balaban J connectivity index is 1.21. The van der Waals surface area contributed by atoms with Crippen molar-refractivity contribution in [3.8, 4) is 6.07 Å². The van der Waals surface area contributed by atoms with E-state index in [0.717, 1.165) is 63.9 Å². The van der Waals surface area contributed by atoms with Crippen LogP contribution < -0.4 is 15.5 Å². The minimum Gasteiger partial charge on any atom is -0.363 e. The molecule has 3 fully saturated rings. The normalized spacial score (nSPS) is 20.9. The fourth-order valence-corrected chi connectivity index (χ4v) is 4.64. The zero-order chi connectivity index (χ0) is 25.8. The third kappa shape index (κ3) is 6.32. The van der Waals surface area contributed by atoms with Crippen LogP contribution in [0.4, 0.5) is 27.7 Å². The van der Waals surface area contributed by atoms with Gasteiger partial charge in [0.15, 0.2) is 11.6 Å². The molecule has 1 atom stereocenters. The number of nitrogens with zero attached hydrogens (tertiary/aromatic N) is 7. The molecule has 2 saturated heterocycles. The number of allylic oxidation sites excluding steroid dienone is 1. The molecule has 2 aliphatic heterocycles. The van der Waals surface area contributed by atoms with E-state index in [9.17, 15) is 14.4 Å². The zero-order valence-corrected chi connectivity index (χ0v) is 21.0. The maximum atomic E-state index is 14.6. The minimum absolute atomic E-state index is 0.0767. The molecule has 5 rings (SSSR count). The Morgan fingerprint density at radius 3 is 2.65 bits per heavy atom. The molecule has 11 heteroatoms. The Bertz CT molecular complexity index is 1180. The number of piperidine rings is 1. The molecule has 1 aliphatic carbocycles. The number of rotatable bonds is 7. The van der Waals surface area contributed by atoms with Gasteiger partial charge in [-0.15, -0.1) is 0 Å².